The Labute approximate surface area is 121 Å². The van der Waals surface area contributed by atoms with E-state index in [4.69, 9.17) is 0 Å². The van der Waals surface area contributed by atoms with Gasteiger partial charge in [-0.2, -0.15) is 0 Å². The summed E-state index contributed by atoms with van der Waals surface area (Å²) in [6.07, 6.45) is 4.06. The maximum atomic E-state index is 11.9. The largest absolute Gasteiger partial charge is 0.299 e. The van der Waals surface area contributed by atoms with Gasteiger partial charge in [-0.3, -0.25) is 4.90 Å². The van der Waals surface area contributed by atoms with Crippen molar-refractivity contribution in [2.24, 2.45) is 0 Å². The van der Waals surface area contributed by atoms with Crippen LogP contribution in [-0.4, -0.2) is 39.0 Å². The number of benzene rings is 1. The SMILES string of the molecule is CC(CNS(=O)(=O)C=Cc1ccccc1)N(C)C1CC1. The summed E-state index contributed by atoms with van der Waals surface area (Å²) in [5.41, 5.74) is 0.876. The van der Waals surface area contributed by atoms with Crippen molar-refractivity contribution in [3.05, 3.63) is 41.3 Å². The minimum Gasteiger partial charge on any atom is -0.299 e. The van der Waals surface area contributed by atoms with E-state index in [1.165, 1.54) is 18.2 Å². The van der Waals surface area contributed by atoms with Gasteiger partial charge in [-0.25, -0.2) is 13.1 Å². The highest BCUT2D eigenvalue weighted by Crippen LogP contribution is 2.26. The van der Waals surface area contributed by atoms with Gasteiger partial charge in [-0.05, 0) is 38.5 Å². The van der Waals surface area contributed by atoms with E-state index in [0.717, 1.165) is 5.56 Å². The van der Waals surface area contributed by atoms with Gasteiger partial charge in [0.05, 0.1) is 0 Å². The number of hydrogen-bond acceptors (Lipinski definition) is 3. The fourth-order valence-electron chi connectivity index (χ4n) is 2.00. The van der Waals surface area contributed by atoms with Gasteiger partial charge in [-0.15, -0.1) is 0 Å². The first kappa shape index (κ1) is 15.2. The van der Waals surface area contributed by atoms with Crippen molar-refractivity contribution < 1.29 is 8.42 Å². The van der Waals surface area contributed by atoms with Crippen LogP contribution in [0.3, 0.4) is 0 Å². The van der Waals surface area contributed by atoms with E-state index in [2.05, 4.69) is 16.7 Å². The third-order valence-electron chi connectivity index (χ3n) is 3.64. The summed E-state index contributed by atoms with van der Waals surface area (Å²) in [5, 5.41) is 1.23. The van der Waals surface area contributed by atoms with Gasteiger partial charge < -0.3 is 0 Å². The molecule has 1 atom stereocenters. The number of nitrogens with zero attached hydrogens (tertiary/aromatic N) is 1. The zero-order chi connectivity index (χ0) is 14.6. The predicted octanol–water partition coefficient (Wildman–Crippen LogP) is 2.06. The lowest BCUT2D eigenvalue weighted by Gasteiger charge is -2.24. The molecule has 1 aliphatic carbocycles. The highest BCUT2D eigenvalue weighted by Gasteiger charge is 2.29. The smallest absolute Gasteiger partial charge is 0.233 e. The van der Waals surface area contributed by atoms with Crippen LogP contribution in [0.2, 0.25) is 0 Å². The first-order chi connectivity index (χ1) is 9.48. The topological polar surface area (TPSA) is 49.4 Å². The number of rotatable bonds is 7. The maximum Gasteiger partial charge on any atom is 0.233 e. The van der Waals surface area contributed by atoms with Gasteiger partial charge in [0.1, 0.15) is 0 Å². The second-order valence-corrected chi connectivity index (χ2v) is 7.00. The molecule has 110 valence electrons. The van der Waals surface area contributed by atoms with E-state index in [0.29, 0.717) is 12.6 Å². The average molecular weight is 294 g/mol. The minimum atomic E-state index is -3.37. The molecule has 0 amide bonds. The monoisotopic (exact) mass is 294 g/mol. The molecule has 0 heterocycles. The van der Waals surface area contributed by atoms with Gasteiger partial charge in [0.25, 0.3) is 0 Å². The summed E-state index contributed by atoms with van der Waals surface area (Å²) in [6, 6.07) is 10.3. The number of likely N-dealkylation sites (N-methyl/N-ethyl adjacent to an activating group) is 1. The molecule has 0 spiro atoms. The Morgan fingerprint density at radius 2 is 2.00 bits per heavy atom. The molecule has 1 saturated carbocycles. The Hall–Kier alpha value is -1.17. The highest BCUT2D eigenvalue weighted by molar-refractivity contribution is 7.92. The molecule has 0 bridgehead atoms. The summed E-state index contributed by atoms with van der Waals surface area (Å²) < 4.78 is 26.4. The first-order valence-corrected chi connectivity index (χ1v) is 8.47. The second kappa shape index (κ2) is 6.52. The van der Waals surface area contributed by atoms with Gasteiger partial charge in [0.15, 0.2) is 0 Å². The van der Waals surface area contributed by atoms with E-state index in [1.807, 2.05) is 37.3 Å². The highest BCUT2D eigenvalue weighted by atomic mass is 32.2. The van der Waals surface area contributed by atoms with Gasteiger partial charge in [0.2, 0.25) is 10.0 Å². The Morgan fingerprint density at radius 1 is 1.35 bits per heavy atom. The van der Waals surface area contributed by atoms with Crippen LogP contribution in [0.15, 0.2) is 35.7 Å². The van der Waals surface area contributed by atoms with Crippen LogP contribution in [-0.2, 0) is 10.0 Å². The van der Waals surface area contributed by atoms with Crippen molar-refractivity contribution in [3.63, 3.8) is 0 Å². The summed E-state index contributed by atoms with van der Waals surface area (Å²) in [4.78, 5) is 2.24. The maximum absolute atomic E-state index is 11.9. The van der Waals surface area contributed by atoms with Crippen LogP contribution >= 0.6 is 0 Å². The van der Waals surface area contributed by atoms with Crippen LogP contribution in [0.4, 0.5) is 0 Å². The molecule has 1 aromatic carbocycles. The molecule has 5 heteroatoms. The lowest BCUT2D eigenvalue weighted by atomic mass is 10.2. The molecule has 0 aliphatic heterocycles. The molecule has 1 N–H and O–H groups in total. The summed E-state index contributed by atoms with van der Waals surface area (Å²) >= 11 is 0. The van der Waals surface area contributed by atoms with Crippen LogP contribution in [0.5, 0.6) is 0 Å². The Kier molecular flexibility index (Phi) is 4.96. The average Bonchev–Trinajstić information content (AvgIpc) is 3.28. The van der Waals surface area contributed by atoms with E-state index < -0.39 is 10.0 Å². The molecular weight excluding hydrogens is 272 g/mol. The van der Waals surface area contributed by atoms with Gasteiger partial charge in [-0.1, -0.05) is 30.3 Å². The van der Waals surface area contributed by atoms with E-state index >= 15 is 0 Å². The predicted molar refractivity (Wildman–Crippen MR) is 82.6 cm³/mol. The molecule has 1 fully saturated rings. The summed E-state index contributed by atoms with van der Waals surface area (Å²) in [5.74, 6) is 0. The molecule has 4 nitrogen and oxygen atoms in total. The molecule has 0 radical (unpaired) electrons. The second-order valence-electron chi connectivity index (χ2n) is 5.35. The van der Waals surface area contributed by atoms with Crippen molar-refractivity contribution in [3.8, 4) is 0 Å². The fourth-order valence-corrected chi connectivity index (χ4v) is 2.91. The zero-order valence-electron chi connectivity index (χ0n) is 12.0. The molecule has 1 unspecified atom stereocenters. The lowest BCUT2D eigenvalue weighted by molar-refractivity contribution is 0.248. The van der Waals surface area contributed by atoms with Gasteiger partial charge in [0, 0.05) is 24.0 Å². The van der Waals surface area contributed by atoms with Crippen molar-refractivity contribution in [2.75, 3.05) is 13.6 Å². The zero-order valence-corrected chi connectivity index (χ0v) is 12.8. The van der Waals surface area contributed by atoms with Crippen LogP contribution in [0.25, 0.3) is 6.08 Å². The van der Waals surface area contributed by atoms with E-state index in [1.54, 1.807) is 6.08 Å². The van der Waals surface area contributed by atoms with Crippen molar-refractivity contribution in [1.82, 2.24) is 9.62 Å². The number of nitrogens with one attached hydrogen (secondary N) is 1. The summed E-state index contributed by atoms with van der Waals surface area (Å²) in [7, 11) is -1.32. The van der Waals surface area contributed by atoms with Crippen molar-refractivity contribution in [1.29, 1.82) is 0 Å². The van der Waals surface area contributed by atoms with Crippen LogP contribution < -0.4 is 4.72 Å². The van der Waals surface area contributed by atoms with E-state index in [-0.39, 0.29) is 6.04 Å². The summed E-state index contributed by atoms with van der Waals surface area (Å²) in [6.45, 7) is 2.48. The minimum absolute atomic E-state index is 0.211. The molecule has 1 aromatic rings. The lowest BCUT2D eigenvalue weighted by Crippen LogP contribution is -2.40. The van der Waals surface area contributed by atoms with Crippen molar-refractivity contribution >= 4 is 16.1 Å². The number of sulfonamides is 1. The van der Waals surface area contributed by atoms with Crippen LogP contribution in [0.1, 0.15) is 25.3 Å². The molecule has 1 aliphatic rings. The van der Waals surface area contributed by atoms with Crippen molar-refractivity contribution in [2.45, 2.75) is 31.8 Å². The van der Waals surface area contributed by atoms with E-state index in [9.17, 15) is 8.42 Å². The standard InChI is InChI=1S/C15H22N2O2S/c1-13(17(2)15-8-9-15)12-16-20(18,19)11-10-14-6-4-3-5-7-14/h3-7,10-11,13,15-16H,8-9,12H2,1-2H3. The Balaban J connectivity index is 1.86. The third-order valence-corrected chi connectivity index (χ3v) is 4.70. The fraction of sp³-hybridized carbons (Fsp3) is 0.467. The molecular formula is C15H22N2O2S. The quantitative estimate of drug-likeness (QED) is 0.837. The normalized spacial score (nSPS) is 17.8. The van der Waals surface area contributed by atoms with Gasteiger partial charge >= 0.3 is 0 Å². The number of hydrogen-bond donors (Lipinski definition) is 1. The Morgan fingerprint density at radius 3 is 2.60 bits per heavy atom. The first-order valence-electron chi connectivity index (χ1n) is 6.93. The molecule has 0 saturated heterocycles. The molecule has 20 heavy (non-hydrogen) atoms. The Bertz CT molecular complexity index is 550. The third kappa shape index (κ3) is 4.74. The molecule has 0 aromatic heterocycles. The molecule has 2 rings (SSSR count). The van der Waals surface area contributed by atoms with Crippen LogP contribution in [0, 0.1) is 0 Å².